The molecular weight excluding hydrogens is 1060 g/mol. The quantitative estimate of drug-likeness (QED) is 0.105. The van der Waals surface area contributed by atoms with Gasteiger partial charge in [-0.3, -0.25) is 9.97 Å². The molecule has 2 fully saturated rings. The van der Waals surface area contributed by atoms with Crippen LogP contribution in [-0.2, 0) is 0 Å². The van der Waals surface area contributed by atoms with E-state index in [1.165, 1.54) is 23.9 Å². The lowest BCUT2D eigenvalue weighted by Crippen LogP contribution is -2.15. The molecule has 0 radical (unpaired) electrons. The molecule has 4 aromatic carbocycles. The molecule has 6 nitrogen and oxygen atoms in total. The van der Waals surface area contributed by atoms with Crippen molar-refractivity contribution in [3.05, 3.63) is 163 Å². The van der Waals surface area contributed by atoms with Gasteiger partial charge >= 0.3 is 0 Å². The van der Waals surface area contributed by atoms with Gasteiger partial charge in [-0.15, -0.1) is 0 Å². The summed E-state index contributed by atoms with van der Waals surface area (Å²) in [6.45, 7) is -1.48. The molecule has 0 spiro atoms. The summed E-state index contributed by atoms with van der Waals surface area (Å²) >= 11 is 0. The lowest BCUT2D eigenvalue weighted by molar-refractivity contribution is 0.381. The minimum absolute atomic E-state index is 0.369. The van der Waals surface area contributed by atoms with Crippen LogP contribution >= 0.6 is 0 Å². The number of benzene rings is 4. The summed E-state index contributed by atoms with van der Waals surface area (Å²) in [5.74, 6) is -57.7. The summed E-state index contributed by atoms with van der Waals surface area (Å²) in [6, 6.07) is 2.99. The number of aromatic amines is 2. The Labute approximate surface area is 410 Å². The smallest absolute Gasteiger partial charge is 0.200 e. The molecular formula is C50H24F20N6. The Bertz CT molecular complexity index is 3340. The van der Waals surface area contributed by atoms with Gasteiger partial charge in [-0.1, -0.05) is 0 Å². The number of halogens is 20. The monoisotopic (exact) mass is 1090 g/mol. The Morgan fingerprint density at radius 2 is 0.434 bits per heavy atom. The van der Waals surface area contributed by atoms with Crippen LogP contribution in [0.3, 0.4) is 0 Å². The first-order chi connectivity index (χ1) is 35.9. The van der Waals surface area contributed by atoms with E-state index in [9.17, 15) is 17.6 Å². The Kier molecular flexibility index (Phi) is 11.7. The molecule has 11 rings (SSSR count). The first-order valence-electron chi connectivity index (χ1n) is 22.1. The van der Waals surface area contributed by atoms with Gasteiger partial charge in [0.1, 0.15) is 0 Å². The van der Waals surface area contributed by atoms with Crippen LogP contribution in [0.4, 0.5) is 87.8 Å². The third-order valence-electron chi connectivity index (χ3n) is 14.2. The standard InChI is InChI=1S/C50H24F20N6/c1-75-7-11-12(8-75)48-20(24-29(53)37(61)44(68)38(62)30(24)54)16-4-6-18(72-16)22(26-33(57)41(65)46(70)42(66)34(26)58)50-14-10-76(2)9-13(14)49(74-50)21(25-31(55)39(63)45(69)40(64)32(25)56)17-5-3-15(71-17)19(47(11)73-48)23-27(51)35(59)43(67)36(60)28(23)52/h3-6,11-14,71-72H,7-10H2,1-2H3/t11-,12+,13+,14-. The van der Waals surface area contributed by atoms with Gasteiger partial charge in [0.15, 0.2) is 93.1 Å². The van der Waals surface area contributed by atoms with Crippen LogP contribution in [0, 0.1) is 116 Å². The number of H-pyrrole nitrogens is 2. The highest BCUT2D eigenvalue weighted by atomic mass is 19.2. The highest BCUT2D eigenvalue weighted by molar-refractivity contribution is 5.94. The molecule has 2 N–H and O–H groups in total. The number of nitrogens with zero attached hydrogens (tertiary/aromatic N) is 4. The Morgan fingerprint density at radius 1 is 0.276 bits per heavy atom. The van der Waals surface area contributed by atoms with Crippen LogP contribution in [0.5, 0.6) is 0 Å². The summed E-state index contributed by atoms with van der Waals surface area (Å²) in [5.41, 5.74) is -18.2. The molecule has 4 aliphatic rings. The van der Waals surface area contributed by atoms with E-state index in [0.717, 1.165) is 24.3 Å². The second-order valence-electron chi connectivity index (χ2n) is 18.5. The number of aromatic nitrogens is 4. The maximum absolute atomic E-state index is 16.4. The minimum atomic E-state index is -2.69. The second kappa shape index (κ2) is 17.5. The van der Waals surface area contributed by atoms with Crippen molar-refractivity contribution < 1.29 is 87.8 Å². The highest BCUT2D eigenvalue weighted by Crippen LogP contribution is 2.54. The van der Waals surface area contributed by atoms with E-state index in [1.54, 1.807) is 0 Å². The maximum atomic E-state index is 16.4. The molecule has 76 heavy (non-hydrogen) atoms. The van der Waals surface area contributed by atoms with Gasteiger partial charge < -0.3 is 19.8 Å². The van der Waals surface area contributed by atoms with Crippen molar-refractivity contribution in [1.82, 2.24) is 29.7 Å². The van der Waals surface area contributed by atoms with Crippen molar-refractivity contribution in [1.29, 1.82) is 0 Å². The molecule has 394 valence electrons. The molecule has 0 saturated carbocycles. The molecule has 4 atom stereocenters. The summed E-state index contributed by atoms with van der Waals surface area (Å²) in [4.78, 5) is 16.5. The van der Waals surface area contributed by atoms with Crippen molar-refractivity contribution in [3.63, 3.8) is 0 Å². The molecule has 8 bridgehead atoms. The van der Waals surface area contributed by atoms with Crippen LogP contribution in [0.15, 0.2) is 24.3 Å². The molecule has 7 heterocycles. The summed E-state index contributed by atoms with van der Waals surface area (Å²) in [5, 5.41) is 0. The fourth-order valence-electron chi connectivity index (χ4n) is 10.9. The van der Waals surface area contributed by atoms with E-state index in [2.05, 4.69) is 19.9 Å². The fraction of sp³-hybridized carbons (Fsp3) is 0.200. The van der Waals surface area contributed by atoms with E-state index >= 15 is 70.2 Å². The Hall–Kier alpha value is -7.48. The van der Waals surface area contributed by atoms with E-state index in [4.69, 9.17) is 0 Å². The number of hydrogen-bond donors (Lipinski definition) is 2. The van der Waals surface area contributed by atoms with Crippen molar-refractivity contribution in [2.24, 2.45) is 0 Å². The van der Waals surface area contributed by atoms with Crippen LogP contribution in [0.25, 0.3) is 66.6 Å². The van der Waals surface area contributed by atoms with Gasteiger partial charge in [-0.25, -0.2) is 87.8 Å². The molecule has 0 amide bonds. The third-order valence-corrected chi connectivity index (χ3v) is 14.2. The normalized spacial score (nSPS) is 18.6. The number of likely N-dealkylation sites (N-methyl/N-ethyl adjacent to an activating group) is 2. The first kappa shape index (κ1) is 50.7. The third kappa shape index (κ3) is 6.96. The predicted molar refractivity (Wildman–Crippen MR) is 228 cm³/mol. The highest BCUT2D eigenvalue weighted by Gasteiger charge is 2.47. The van der Waals surface area contributed by atoms with Crippen LogP contribution in [0.1, 0.15) is 46.4 Å². The molecule has 0 aliphatic carbocycles. The fourth-order valence-corrected chi connectivity index (χ4v) is 10.9. The topological polar surface area (TPSA) is 63.8 Å². The van der Waals surface area contributed by atoms with Gasteiger partial charge in [0.25, 0.3) is 0 Å². The second-order valence-corrected chi connectivity index (χ2v) is 18.5. The van der Waals surface area contributed by atoms with Gasteiger partial charge in [0.2, 0.25) is 23.3 Å². The molecule has 4 aliphatic heterocycles. The summed E-state index contributed by atoms with van der Waals surface area (Å²) in [6.07, 6.45) is 0. The van der Waals surface area contributed by atoms with Crippen molar-refractivity contribution in [2.75, 3.05) is 40.3 Å². The molecule has 7 aromatic rings. The Balaban J connectivity index is 1.47. The first-order valence-corrected chi connectivity index (χ1v) is 22.1. The molecule has 0 unspecified atom stereocenters. The molecule has 2 saturated heterocycles. The zero-order valence-corrected chi connectivity index (χ0v) is 37.8. The predicted octanol–water partition coefficient (Wildman–Crippen LogP) is 13.4. The minimum Gasteiger partial charge on any atom is -0.354 e. The average Bonchev–Trinajstić information content (AvgIpc) is 4.34. The van der Waals surface area contributed by atoms with Gasteiger partial charge in [0.05, 0.1) is 45.0 Å². The Morgan fingerprint density at radius 3 is 0.605 bits per heavy atom. The van der Waals surface area contributed by atoms with Crippen molar-refractivity contribution in [2.45, 2.75) is 23.7 Å². The zero-order chi connectivity index (χ0) is 54.7. The van der Waals surface area contributed by atoms with E-state index < -0.39 is 229 Å². The van der Waals surface area contributed by atoms with Gasteiger partial charge in [-0.05, 0) is 38.4 Å². The van der Waals surface area contributed by atoms with Crippen molar-refractivity contribution in [3.8, 4) is 44.5 Å². The van der Waals surface area contributed by atoms with E-state index in [0.29, 0.717) is 0 Å². The molecule has 26 heteroatoms. The number of nitrogens with one attached hydrogen (secondary N) is 2. The SMILES string of the molecule is CN1C[C@@H]2c3nc(c(-c4c(F)c(F)c(F)c(F)c4F)c4ccc([nH]4)c(-c4c(F)c(F)c(F)c(F)c4F)c4nc(c(-c5c(F)c(F)c(F)c(F)c5F)c5ccc([nH]5)c3-c3c(F)c(F)c(F)c(F)c3F)[C@@H]3CN(C)C[C@H]43)[C@@H]2C1. The lowest BCUT2D eigenvalue weighted by atomic mass is 9.86. The summed E-state index contributed by atoms with van der Waals surface area (Å²) in [7, 11) is 2.74. The number of fused-ring (bicyclic) bond motifs is 14. The van der Waals surface area contributed by atoms with E-state index in [-0.39, 0.29) is 26.2 Å². The van der Waals surface area contributed by atoms with Crippen LogP contribution in [-0.4, -0.2) is 70.0 Å². The number of hydrogen-bond acceptors (Lipinski definition) is 4. The largest absolute Gasteiger partial charge is 0.354 e. The van der Waals surface area contributed by atoms with Gasteiger partial charge in [0, 0.05) is 94.2 Å². The van der Waals surface area contributed by atoms with Crippen molar-refractivity contribution >= 4 is 22.1 Å². The zero-order valence-electron chi connectivity index (χ0n) is 37.8. The van der Waals surface area contributed by atoms with Crippen LogP contribution < -0.4 is 0 Å². The van der Waals surface area contributed by atoms with Crippen LogP contribution in [0.2, 0.25) is 0 Å². The molecule has 3 aromatic heterocycles. The average molecular weight is 1090 g/mol. The van der Waals surface area contributed by atoms with Gasteiger partial charge in [-0.2, -0.15) is 0 Å². The number of rotatable bonds is 4. The maximum Gasteiger partial charge on any atom is 0.200 e. The number of likely N-dealkylation sites (tertiary alicyclic amines) is 2. The summed E-state index contributed by atoms with van der Waals surface area (Å²) < 4.78 is 313. The van der Waals surface area contributed by atoms with E-state index in [1.807, 2.05) is 0 Å². The lowest BCUT2D eigenvalue weighted by Gasteiger charge is -2.16.